The largest absolute Gasteiger partial charge is 0.349 e. The van der Waals surface area contributed by atoms with E-state index in [9.17, 15) is 9.59 Å². The number of benzene rings is 1. The maximum atomic E-state index is 12.1. The van der Waals surface area contributed by atoms with E-state index in [0.29, 0.717) is 6.42 Å². The molecule has 1 saturated heterocycles. The Morgan fingerprint density at radius 2 is 2.00 bits per heavy atom. The van der Waals surface area contributed by atoms with Gasteiger partial charge in [0.05, 0.1) is 6.04 Å². The molecule has 3 atom stereocenters. The summed E-state index contributed by atoms with van der Waals surface area (Å²) in [5.74, 6) is -0.115. The highest BCUT2D eigenvalue weighted by atomic mass is 35.5. The third-order valence-corrected chi connectivity index (χ3v) is 4.32. The molecule has 3 N–H and O–H groups in total. The molecule has 1 aliphatic rings. The smallest absolute Gasteiger partial charge is 0.227 e. The Morgan fingerprint density at radius 1 is 1.30 bits per heavy atom. The molecule has 0 radical (unpaired) electrons. The summed E-state index contributed by atoms with van der Waals surface area (Å²) in [4.78, 5) is 25.8. The summed E-state index contributed by atoms with van der Waals surface area (Å²) in [5, 5.41) is 2.98. The minimum Gasteiger partial charge on any atom is -0.349 e. The van der Waals surface area contributed by atoms with E-state index in [2.05, 4.69) is 5.32 Å². The molecule has 0 spiro atoms. The van der Waals surface area contributed by atoms with E-state index in [-0.39, 0.29) is 42.2 Å². The van der Waals surface area contributed by atoms with Crippen molar-refractivity contribution in [1.29, 1.82) is 0 Å². The van der Waals surface area contributed by atoms with Crippen molar-refractivity contribution in [2.24, 2.45) is 11.7 Å². The third-order valence-electron chi connectivity index (χ3n) is 4.32. The zero-order valence-electron chi connectivity index (χ0n) is 13.9. The molecular formula is C17H26ClN3O2. The summed E-state index contributed by atoms with van der Waals surface area (Å²) in [6.07, 6.45) is 1.52. The number of nitrogens with two attached hydrogens (primary N) is 1. The van der Waals surface area contributed by atoms with Gasteiger partial charge in [-0.2, -0.15) is 0 Å². The first-order chi connectivity index (χ1) is 10.4. The van der Waals surface area contributed by atoms with Gasteiger partial charge in [-0.05, 0) is 38.0 Å². The van der Waals surface area contributed by atoms with Crippen LogP contribution < -0.4 is 16.0 Å². The lowest BCUT2D eigenvalue weighted by molar-refractivity contribution is -0.125. The number of carbonyl (C=O) groups excluding carboxylic acids is 2. The van der Waals surface area contributed by atoms with Crippen LogP contribution in [0.1, 0.15) is 45.2 Å². The molecular weight excluding hydrogens is 314 g/mol. The quantitative estimate of drug-likeness (QED) is 0.864. The van der Waals surface area contributed by atoms with Crippen molar-refractivity contribution in [3.63, 3.8) is 0 Å². The predicted molar refractivity (Wildman–Crippen MR) is 94.6 cm³/mol. The lowest BCUT2D eigenvalue weighted by atomic mass is 10.0. The fourth-order valence-corrected chi connectivity index (χ4v) is 2.55. The number of halogens is 1. The molecule has 0 saturated carbocycles. The molecule has 23 heavy (non-hydrogen) atoms. The van der Waals surface area contributed by atoms with Crippen LogP contribution >= 0.6 is 12.4 Å². The Kier molecular flexibility index (Phi) is 7.03. The summed E-state index contributed by atoms with van der Waals surface area (Å²) in [7, 11) is 0. The van der Waals surface area contributed by atoms with Crippen LogP contribution in [0.2, 0.25) is 0 Å². The van der Waals surface area contributed by atoms with Crippen molar-refractivity contribution in [2.75, 3.05) is 11.4 Å². The standard InChI is InChI=1S/C17H25N3O2.ClH/c1-11(12(2)18)17(22)19-13(3)14-6-4-7-15(10-14)20-9-5-8-16(20)21;/h4,6-7,10-13H,5,8-9,18H2,1-3H3,(H,19,22);1H. The molecule has 6 heteroatoms. The summed E-state index contributed by atoms with van der Waals surface area (Å²) in [6, 6.07) is 7.50. The number of hydrogen-bond donors (Lipinski definition) is 2. The minimum absolute atomic E-state index is 0. The van der Waals surface area contributed by atoms with Gasteiger partial charge in [0.2, 0.25) is 11.8 Å². The van der Waals surface area contributed by atoms with E-state index in [0.717, 1.165) is 24.2 Å². The van der Waals surface area contributed by atoms with Crippen molar-refractivity contribution in [3.05, 3.63) is 29.8 Å². The minimum atomic E-state index is -0.231. The van der Waals surface area contributed by atoms with Gasteiger partial charge in [0.1, 0.15) is 0 Å². The van der Waals surface area contributed by atoms with E-state index in [1.165, 1.54) is 0 Å². The normalized spacial score (nSPS) is 18.1. The summed E-state index contributed by atoms with van der Waals surface area (Å²) < 4.78 is 0. The van der Waals surface area contributed by atoms with Crippen LogP contribution in [0, 0.1) is 5.92 Å². The molecule has 0 aliphatic carbocycles. The van der Waals surface area contributed by atoms with E-state index in [4.69, 9.17) is 5.73 Å². The number of carbonyl (C=O) groups is 2. The molecule has 128 valence electrons. The molecule has 3 unspecified atom stereocenters. The van der Waals surface area contributed by atoms with Gasteiger partial charge in [0.15, 0.2) is 0 Å². The topological polar surface area (TPSA) is 75.4 Å². The molecule has 1 aromatic carbocycles. The van der Waals surface area contributed by atoms with Crippen LogP contribution in [0.5, 0.6) is 0 Å². The van der Waals surface area contributed by atoms with Crippen LogP contribution in [0.15, 0.2) is 24.3 Å². The van der Waals surface area contributed by atoms with Crippen molar-refractivity contribution >= 4 is 29.9 Å². The van der Waals surface area contributed by atoms with Gasteiger partial charge in [-0.1, -0.05) is 19.1 Å². The molecule has 1 heterocycles. The second kappa shape index (κ2) is 8.31. The summed E-state index contributed by atoms with van der Waals surface area (Å²) in [5.41, 5.74) is 7.66. The maximum absolute atomic E-state index is 12.1. The van der Waals surface area contributed by atoms with E-state index < -0.39 is 0 Å². The molecule has 1 fully saturated rings. The Balaban J connectivity index is 0.00000264. The van der Waals surface area contributed by atoms with Gasteiger partial charge < -0.3 is 16.0 Å². The van der Waals surface area contributed by atoms with E-state index in [1.807, 2.05) is 49.9 Å². The van der Waals surface area contributed by atoms with Crippen molar-refractivity contribution in [3.8, 4) is 0 Å². The Labute approximate surface area is 144 Å². The van der Waals surface area contributed by atoms with Gasteiger partial charge in [0, 0.05) is 30.6 Å². The first-order valence-corrected chi connectivity index (χ1v) is 7.86. The highest BCUT2D eigenvalue weighted by molar-refractivity contribution is 5.95. The molecule has 0 bridgehead atoms. The van der Waals surface area contributed by atoms with Crippen molar-refractivity contribution in [1.82, 2.24) is 5.32 Å². The van der Waals surface area contributed by atoms with Crippen LogP contribution in [0.3, 0.4) is 0 Å². The first kappa shape index (κ1) is 19.5. The lowest BCUT2D eigenvalue weighted by Gasteiger charge is -2.22. The number of hydrogen-bond acceptors (Lipinski definition) is 3. The fourth-order valence-electron chi connectivity index (χ4n) is 2.55. The Hall–Kier alpha value is -1.59. The van der Waals surface area contributed by atoms with E-state index >= 15 is 0 Å². The Bertz CT molecular complexity index is 563. The second-order valence-corrected chi connectivity index (χ2v) is 6.12. The van der Waals surface area contributed by atoms with Crippen LogP contribution in [-0.4, -0.2) is 24.4 Å². The number of nitrogens with zero attached hydrogens (tertiary/aromatic N) is 1. The van der Waals surface area contributed by atoms with Crippen molar-refractivity contribution in [2.45, 2.75) is 45.7 Å². The second-order valence-electron chi connectivity index (χ2n) is 6.12. The fraction of sp³-hybridized carbons (Fsp3) is 0.529. The first-order valence-electron chi connectivity index (χ1n) is 7.86. The SMILES string of the molecule is CC(NC(=O)C(C)C(C)N)c1cccc(N2CCCC2=O)c1.Cl. The zero-order valence-corrected chi connectivity index (χ0v) is 14.7. The molecule has 2 rings (SSSR count). The summed E-state index contributed by atoms with van der Waals surface area (Å²) in [6.45, 7) is 6.36. The average Bonchev–Trinajstić information content (AvgIpc) is 2.92. The average molecular weight is 340 g/mol. The molecule has 2 amide bonds. The highest BCUT2D eigenvalue weighted by Gasteiger charge is 2.23. The van der Waals surface area contributed by atoms with Gasteiger partial charge in [-0.15, -0.1) is 12.4 Å². The van der Waals surface area contributed by atoms with Gasteiger partial charge in [-0.3, -0.25) is 9.59 Å². The van der Waals surface area contributed by atoms with Gasteiger partial charge in [0.25, 0.3) is 0 Å². The number of anilines is 1. The number of amides is 2. The van der Waals surface area contributed by atoms with Crippen LogP contribution in [0.4, 0.5) is 5.69 Å². The predicted octanol–water partition coefficient (Wildman–Crippen LogP) is 2.40. The molecule has 0 aromatic heterocycles. The highest BCUT2D eigenvalue weighted by Crippen LogP contribution is 2.24. The number of rotatable bonds is 5. The molecule has 1 aliphatic heterocycles. The van der Waals surface area contributed by atoms with Gasteiger partial charge >= 0.3 is 0 Å². The zero-order chi connectivity index (χ0) is 16.3. The van der Waals surface area contributed by atoms with Crippen LogP contribution in [0.25, 0.3) is 0 Å². The molecule has 5 nitrogen and oxygen atoms in total. The maximum Gasteiger partial charge on any atom is 0.227 e. The summed E-state index contributed by atoms with van der Waals surface area (Å²) >= 11 is 0. The third kappa shape index (κ3) is 4.69. The lowest BCUT2D eigenvalue weighted by Crippen LogP contribution is -2.39. The van der Waals surface area contributed by atoms with E-state index in [1.54, 1.807) is 0 Å². The number of nitrogens with one attached hydrogen (secondary N) is 1. The molecule has 1 aromatic rings. The van der Waals surface area contributed by atoms with Crippen molar-refractivity contribution < 1.29 is 9.59 Å². The monoisotopic (exact) mass is 339 g/mol. The Morgan fingerprint density at radius 3 is 2.57 bits per heavy atom. The van der Waals surface area contributed by atoms with Crippen LogP contribution in [-0.2, 0) is 9.59 Å². The van der Waals surface area contributed by atoms with Gasteiger partial charge in [-0.25, -0.2) is 0 Å².